The summed E-state index contributed by atoms with van der Waals surface area (Å²) in [6, 6.07) is 2.18. The molecule has 1 rings (SSSR count). The predicted molar refractivity (Wildman–Crippen MR) is 75.1 cm³/mol. The highest BCUT2D eigenvalue weighted by molar-refractivity contribution is 5.71. The van der Waals surface area contributed by atoms with E-state index < -0.39 is 0 Å². The molecule has 98 valence electrons. The summed E-state index contributed by atoms with van der Waals surface area (Å²) in [6.45, 7) is 11.7. The standard InChI is InChI=1S/C16H22O2/c1-10(2)7-8-15-9-11(3)12(4)16(13(15)5)18-14(6)17/h7,9H,8H2,1-6H3. The number of hydrogen-bond acceptors (Lipinski definition) is 2. The number of hydrogen-bond donors (Lipinski definition) is 0. The van der Waals surface area contributed by atoms with Crippen molar-refractivity contribution in [1.82, 2.24) is 0 Å². The number of rotatable bonds is 3. The average molecular weight is 246 g/mol. The summed E-state index contributed by atoms with van der Waals surface area (Å²) >= 11 is 0. The highest BCUT2D eigenvalue weighted by Crippen LogP contribution is 2.30. The molecular weight excluding hydrogens is 224 g/mol. The van der Waals surface area contributed by atoms with Gasteiger partial charge in [0.2, 0.25) is 0 Å². The van der Waals surface area contributed by atoms with Crippen LogP contribution >= 0.6 is 0 Å². The number of benzene rings is 1. The highest BCUT2D eigenvalue weighted by Gasteiger charge is 2.12. The molecule has 0 radical (unpaired) electrons. The maximum Gasteiger partial charge on any atom is 0.308 e. The van der Waals surface area contributed by atoms with Crippen molar-refractivity contribution >= 4 is 5.97 Å². The van der Waals surface area contributed by atoms with Gasteiger partial charge in [-0.25, -0.2) is 0 Å². The van der Waals surface area contributed by atoms with Crippen molar-refractivity contribution in [3.05, 3.63) is 40.0 Å². The Kier molecular flexibility index (Phi) is 4.71. The molecule has 1 aromatic carbocycles. The Balaban J connectivity index is 3.25. The molecule has 1 aromatic rings. The number of allylic oxidation sites excluding steroid dienone is 2. The van der Waals surface area contributed by atoms with Crippen LogP contribution in [0.4, 0.5) is 0 Å². The fourth-order valence-corrected chi connectivity index (χ4v) is 1.91. The largest absolute Gasteiger partial charge is 0.426 e. The van der Waals surface area contributed by atoms with E-state index in [9.17, 15) is 4.79 Å². The lowest BCUT2D eigenvalue weighted by molar-refractivity contribution is -0.131. The van der Waals surface area contributed by atoms with Crippen LogP contribution in [0.15, 0.2) is 17.7 Å². The Hall–Kier alpha value is -1.57. The average Bonchev–Trinajstić information content (AvgIpc) is 2.27. The predicted octanol–water partition coefficient (Wildman–Crippen LogP) is 4.05. The van der Waals surface area contributed by atoms with E-state index >= 15 is 0 Å². The molecule has 0 aliphatic heterocycles. The maximum atomic E-state index is 11.2. The smallest absolute Gasteiger partial charge is 0.308 e. The molecule has 0 spiro atoms. The van der Waals surface area contributed by atoms with Crippen LogP contribution in [0.25, 0.3) is 0 Å². The van der Waals surface area contributed by atoms with Gasteiger partial charge >= 0.3 is 5.97 Å². The van der Waals surface area contributed by atoms with E-state index in [-0.39, 0.29) is 5.97 Å². The minimum Gasteiger partial charge on any atom is -0.426 e. The highest BCUT2D eigenvalue weighted by atomic mass is 16.5. The zero-order chi connectivity index (χ0) is 13.9. The Morgan fingerprint density at radius 3 is 2.28 bits per heavy atom. The second-order valence-corrected chi connectivity index (χ2v) is 5.01. The van der Waals surface area contributed by atoms with Crippen molar-refractivity contribution in [3.63, 3.8) is 0 Å². The molecule has 0 aromatic heterocycles. The minimum atomic E-state index is -0.264. The maximum absolute atomic E-state index is 11.2. The molecular formula is C16H22O2. The van der Waals surface area contributed by atoms with Crippen LogP contribution in [0.5, 0.6) is 5.75 Å². The van der Waals surface area contributed by atoms with Crippen molar-refractivity contribution in [2.24, 2.45) is 0 Å². The topological polar surface area (TPSA) is 26.3 Å². The van der Waals surface area contributed by atoms with Gasteiger partial charge in [0.15, 0.2) is 0 Å². The summed E-state index contributed by atoms with van der Waals surface area (Å²) < 4.78 is 5.34. The molecule has 2 nitrogen and oxygen atoms in total. The Bertz CT molecular complexity index is 492. The third kappa shape index (κ3) is 3.46. The zero-order valence-electron chi connectivity index (χ0n) is 12.2. The summed E-state index contributed by atoms with van der Waals surface area (Å²) in [7, 11) is 0. The summed E-state index contributed by atoms with van der Waals surface area (Å²) in [5, 5.41) is 0. The van der Waals surface area contributed by atoms with Gasteiger partial charge in [0.05, 0.1) is 0 Å². The second-order valence-electron chi connectivity index (χ2n) is 5.01. The molecule has 0 atom stereocenters. The zero-order valence-corrected chi connectivity index (χ0v) is 12.2. The van der Waals surface area contributed by atoms with Crippen LogP contribution in [0.3, 0.4) is 0 Å². The van der Waals surface area contributed by atoms with Gasteiger partial charge < -0.3 is 4.74 Å². The van der Waals surface area contributed by atoms with Crippen molar-refractivity contribution in [2.75, 3.05) is 0 Å². The van der Waals surface area contributed by atoms with Gasteiger partial charge in [0.1, 0.15) is 5.75 Å². The first-order valence-corrected chi connectivity index (χ1v) is 6.24. The van der Waals surface area contributed by atoms with Crippen LogP contribution in [0.2, 0.25) is 0 Å². The van der Waals surface area contributed by atoms with Crippen molar-refractivity contribution in [3.8, 4) is 5.75 Å². The normalized spacial score (nSPS) is 10.1. The Labute approximate surface area is 110 Å². The lowest BCUT2D eigenvalue weighted by Crippen LogP contribution is -2.07. The molecule has 0 fully saturated rings. The van der Waals surface area contributed by atoms with Crippen molar-refractivity contribution < 1.29 is 9.53 Å². The van der Waals surface area contributed by atoms with Crippen LogP contribution in [0.1, 0.15) is 43.0 Å². The van der Waals surface area contributed by atoms with E-state index in [2.05, 4.69) is 26.0 Å². The number of carbonyl (C=O) groups excluding carboxylic acids is 1. The molecule has 0 aliphatic rings. The Morgan fingerprint density at radius 2 is 1.78 bits per heavy atom. The fourth-order valence-electron chi connectivity index (χ4n) is 1.91. The number of aryl methyl sites for hydroxylation is 1. The quantitative estimate of drug-likeness (QED) is 0.457. The second kappa shape index (κ2) is 5.85. The molecule has 0 amide bonds. The van der Waals surface area contributed by atoms with E-state index in [0.29, 0.717) is 0 Å². The molecule has 0 saturated heterocycles. The van der Waals surface area contributed by atoms with E-state index in [4.69, 9.17) is 4.74 Å². The first-order valence-electron chi connectivity index (χ1n) is 6.24. The Morgan fingerprint density at radius 1 is 1.17 bits per heavy atom. The van der Waals surface area contributed by atoms with E-state index in [0.717, 1.165) is 28.9 Å². The van der Waals surface area contributed by atoms with Crippen molar-refractivity contribution in [1.29, 1.82) is 0 Å². The van der Waals surface area contributed by atoms with E-state index in [1.165, 1.54) is 18.1 Å². The van der Waals surface area contributed by atoms with E-state index in [1.807, 2.05) is 20.8 Å². The molecule has 0 N–H and O–H groups in total. The number of carbonyl (C=O) groups is 1. The summed E-state index contributed by atoms with van der Waals surface area (Å²) in [5.74, 6) is 0.458. The van der Waals surface area contributed by atoms with Crippen LogP contribution in [-0.2, 0) is 11.2 Å². The van der Waals surface area contributed by atoms with Gasteiger partial charge in [-0.15, -0.1) is 0 Å². The summed E-state index contributed by atoms with van der Waals surface area (Å²) in [6.07, 6.45) is 3.07. The molecule has 0 aliphatic carbocycles. The van der Waals surface area contributed by atoms with Crippen molar-refractivity contribution in [2.45, 2.75) is 48.0 Å². The lowest BCUT2D eigenvalue weighted by Gasteiger charge is -2.15. The third-order valence-electron chi connectivity index (χ3n) is 3.12. The molecule has 0 bridgehead atoms. The van der Waals surface area contributed by atoms with Crippen LogP contribution < -0.4 is 4.74 Å². The first kappa shape index (κ1) is 14.5. The molecule has 0 saturated carbocycles. The summed E-state index contributed by atoms with van der Waals surface area (Å²) in [5.41, 5.74) is 5.78. The van der Waals surface area contributed by atoms with Gasteiger partial charge in [0, 0.05) is 6.92 Å². The number of ether oxygens (including phenoxy) is 1. The molecule has 0 heterocycles. The van der Waals surface area contributed by atoms with E-state index in [1.54, 1.807) is 0 Å². The van der Waals surface area contributed by atoms with Gasteiger partial charge in [-0.05, 0) is 63.3 Å². The molecule has 0 unspecified atom stereocenters. The summed E-state index contributed by atoms with van der Waals surface area (Å²) in [4.78, 5) is 11.2. The molecule has 18 heavy (non-hydrogen) atoms. The molecule has 2 heteroatoms. The van der Waals surface area contributed by atoms with Gasteiger partial charge in [0.25, 0.3) is 0 Å². The van der Waals surface area contributed by atoms with Gasteiger partial charge in [-0.2, -0.15) is 0 Å². The third-order valence-corrected chi connectivity index (χ3v) is 3.12. The monoisotopic (exact) mass is 246 g/mol. The lowest BCUT2D eigenvalue weighted by atomic mass is 9.96. The van der Waals surface area contributed by atoms with Gasteiger partial charge in [-0.3, -0.25) is 4.79 Å². The SMILES string of the molecule is CC(=O)Oc1c(C)c(C)cc(CC=C(C)C)c1C. The van der Waals surface area contributed by atoms with Crippen LogP contribution in [-0.4, -0.2) is 5.97 Å². The minimum absolute atomic E-state index is 0.264. The number of esters is 1. The fraction of sp³-hybridized carbons (Fsp3) is 0.438. The van der Waals surface area contributed by atoms with Crippen LogP contribution in [0, 0.1) is 20.8 Å². The van der Waals surface area contributed by atoms with Gasteiger partial charge in [-0.1, -0.05) is 17.7 Å². The first-order chi connectivity index (χ1) is 8.32.